The second-order valence-corrected chi connectivity index (χ2v) is 4.32. The molecule has 1 aliphatic rings. The van der Waals surface area contributed by atoms with Crippen LogP contribution in [0.25, 0.3) is 0 Å². The number of ether oxygens (including phenoxy) is 1. The number of hydrogen-bond donors (Lipinski definition) is 1. The van der Waals surface area contributed by atoms with Crippen molar-refractivity contribution in [3.63, 3.8) is 0 Å². The van der Waals surface area contributed by atoms with Gasteiger partial charge in [-0.05, 0) is 0 Å². The number of morpholine rings is 1. The first kappa shape index (κ1) is 12.0. The number of rotatable bonds is 3. The largest absolute Gasteiger partial charge is 0.378 e. The highest BCUT2D eigenvalue weighted by Crippen LogP contribution is 2.16. The third-order valence-corrected chi connectivity index (χ3v) is 2.67. The summed E-state index contributed by atoms with van der Waals surface area (Å²) in [6.45, 7) is 7.31. The van der Waals surface area contributed by atoms with Gasteiger partial charge in [-0.25, -0.2) is 0 Å². The van der Waals surface area contributed by atoms with E-state index in [1.54, 1.807) is 0 Å². The highest BCUT2D eigenvalue weighted by molar-refractivity contribution is 5.37. The third kappa shape index (κ3) is 2.82. The zero-order chi connectivity index (χ0) is 12.3. The van der Waals surface area contributed by atoms with E-state index in [0.29, 0.717) is 11.9 Å². The molecule has 1 fully saturated rings. The maximum atomic E-state index is 5.33. The second-order valence-electron chi connectivity index (χ2n) is 4.32. The SMILES string of the molecule is CNc1nc(C(C)C)nc(N2CCOCC2)n1. The molecule has 6 heteroatoms. The molecule has 0 aliphatic carbocycles. The standard InChI is InChI=1S/C11H19N5O/c1-8(2)9-13-10(12-3)15-11(14-9)16-4-6-17-7-5-16/h8H,4-7H2,1-3H3,(H,12,13,14,15). The Kier molecular flexibility index (Phi) is 3.73. The summed E-state index contributed by atoms with van der Waals surface area (Å²) in [5.41, 5.74) is 0. The summed E-state index contributed by atoms with van der Waals surface area (Å²) in [5, 5.41) is 2.98. The Morgan fingerprint density at radius 2 is 1.88 bits per heavy atom. The highest BCUT2D eigenvalue weighted by Gasteiger charge is 2.17. The van der Waals surface area contributed by atoms with Gasteiger partial charge in [0.1, 0.15) is 5.82 Å². The Morgan fingerprint density at radius 1 is 1.18 bits per heavy atom. The molecule has 0 unspecified atom stereocenters. The fourth-order valence-corrected chi connectivity index (χ4v) is 1.66. The summed E-state index contributed by atoms with van der Waals surface area (Å²) in [4.78, 5) is 15.4. The van der Waals surface area contributed by atoms with E-state index in [4.69, 9.17) is 4.74 Å². The van der Waals surface area contributed by atoms with E-state index in [2.05, 4.69) is 39.0 Å². The topological polar surface area (TPSA) is 63.2 Å². The summed E-state index contributed by atoms with van der Waals surface area (Å²) in [6, 6.07) is 0. The van der Waals surface area contributed by atoms with Crippen LogP contribution in [0.4, 0.5) is 11.9 Å². The zero-order valence-corrected chi connectivity index (χ0v) is 10.6. The van der Waals surface area contributed by atoms with Gasteiger partial charge in [-0.15, -0.1) is 0 Å². The number of hydrogen-bond acceptors (Lipinski definition) is 6. The summed E-state index contributed by atoms with van der Waals surface area (Å²) in [5.74, 6) is 2.50. The van der Waals surface area contributed by atoms with E-state index in [-0.39, 0.29) is 0 Å². The average molecular weight is 237 g/mol. The minimum Gasteiger partial charge on any atom is -0.378 e. The van der Waals surface area contributed by atoms with Crippen molar-refractivity contribution in [2.24, 2.45) is 0 Å². The van der Waals surface area contributed by atoms with Crippen LogP contribution < -0.4 is 10.2 Å². The first-order valence-electron chi connectivity index (χ1n) is 5.97. The summed E-state index contributed by atoms with van der Waals surface area (Å²) in [7, 11) is 1.82. The van der Waals surface area contributed by atoms with Gasteiger partial charge in [-0.3, -0.25) is 0 Å². The van der Waals surface area contributed by atoms with E-state index in [9.17, 15) is 0 Å². The lowest BCUT2D eigenvalue weighted by Crippen LogP contribution is -2.37. The zero-order valence-electron chi connectivity index (χ0n) is 10.6. The fraction of sp³-hybridized carbons (Fsp3) is 0.727. The first-order valence-corrected chi connectivity index (χ1v) is 5.97. The Hall–Kier alpha value is -1.43. The van der Waals surface area contributed by atoms with Crippen LogP contribution in [0.15, 0.2) is 0 Å². The Labute approximate surface area is 101 Å². The monoisotopic (exact) mass is 237 g/mol. The van der Waals surface area contributed by atoms with Gasteiger partial charge >= 0.3 is 0 Å². The smallest absolute Gasteiger partial charge is 0.230 e. The molecule has 1 N–H and O–H groups in total. The lowest BCUT2D eigenvalue weighted by Gasteiger charge is -2.27. The first-order chi connectivity index (χ1) is 8.20. The van der Waals surface area contributed by atoms with E-state index in [1.807, 2.05) is 7.05 Å². The predicted molar refractivity (Wildman–Crippen MR) is 66.5 cm³/mol. The van der Waals surface area contributed by atoms with Gasteiger partial charge in [-0.2, -0.15) is 15.0 Å². The predicted octanol–water partition coefficient (Wildman–Crippen LogP) is 0.873. The molecule has 0 radical (unpaired) electrons. The maximum Gasteiger partial charge on any atom is 0.230 e. The molecule has 2 rings (SSSR count). The second kappa shape index (κ2) is 5.27. The summed E-state index contributed by atoms with van der Waals surface area (Å²) in [6.07, 6.45) is 0. The van der Waals surface area contributed by atoms with E-state index >= 15 is 0 Å². The van der Waals surface area contributed by atoms with Crippen LogP contribution in [-0.4, -0.2) is 48.3 Å². The minimum absolute atomic E-state index is 0.296. The van der Waals surface area contributed by atoms with Gasteiger partial charge in [0.2, 0.25) is 11.9 Å². The Bertz CT molecular complexity index is 376. The van der Waals surface area contributed by atoms with Gasteiger partial charge in [0.25, 0.3) is 0 Å². The van der Waals surface area contributed by atoms with Gasteiger partial charge < -0.3 is 15.0 Å². The van der Waals surface area contributed by atoms with Crippen molar-refractivity contribution >= 4 is 11.9 Å². The molecule has 17 heavy (non-hydrogen) atoms. The van der Waals surface area contributed by atoms with Crippen molar-refractivity contribution in [3.05, 3.63) is 5.82 Å². The molecule has 1 aliphatic heterocycles. The molecule has 1 aromatic rings. The van der Waals surface area contributed by atoms with Crippen molar-refractivity contribution in [2.75, 3.05) is 43.6 Å². The molecule has 1 saturated heterocycles. The molecule has 0 bridgehead atoms. The van der Waals surface area contributed by atoms with Crippen LogP contribution in [0.1, 0.15) is 25.6 Å². The lowest BCUT2D eigenvalue weighted by atomic mass is 10.2. The van der Waals surface area contributed by atoms with Gasteiger partial charge in [0.05, 0.1) is 13.2 Å². The number of nitrogens with one attached hydrogen (secondary N) is 1. The Balaban J connectivity index is 2.28. The van der Waals surface area contributed by atoms with E-state index in [0.717, 1.165) is 38.1 Å². The van der Waals surface area contributed by atoms with Gasteiger partial charge in [-0.1, -0.05) is 13.8 Å². The molecule has 0 saturated carbocycles. The fourth-order valence-electron chi connectivity index (χ4n) is 1.66. The molecule has 94 valence electrons. The van der Waals surface area contributed by atoms with Crippen LogP contribution in [0.2, 0.25) is 0 Å². The summed E-state index contributed by atoms with van der Waals surface area (Å²) >= 11 is 0. The van der Waals surface area contributed by atoms with Crippen LogP contribution in [0.5, 0.6) is 0 Å². The molecule has 1 aromatic heterocycles. The summed E-state index contributed by atoms with van der Waals surface area (Å²) < 4.78 is 5.33. The van der Waals surface area contributed by atoms with Crippen molar-refractivity contribution in [1.82, 2.24) is 15.0 Å². The van der Waals surface area contributed by atoms with Crippen LogP contribution in [0, 0.1) is 0 Å². The average Bonchev–Trinajstić information content (AvgIpc) is 2.39. The van der Waals surface area contributed by atoms with Crippen molar-refractivity contribution < 1.29 is 4.74 Å². The lowest BCUT2D eigenvalue weighted by molar-refractivity contribution is 0.122. The van der Waals surface area contributed by atoms with E-state index in [1.165, 1.54) is 0 Å². The number of nitrogens with zero attached hydrogens (tertiary/aromatic N) is 4. The molecule has 0 aromatic carbocycles. The van der Waals surface area contributed by atoms with Crippen molar-refractivity contribution in [3.8, 4) is 0 Å². The van der Waals surface area contributed by atoms with Crippen LogP contribution in [-0.2, 0) is 4.74 Å². The molecular weight excluding hydrogens is 218 g/mol. The van der Waals surface area contributed by atoms with Gasteiger partial charge in [0.15, 0.2) is 0 Å². The van der Waals surface area contributed by atoms with Crippen LogP contribution in [0.3, 0.4) is 0 Å². The number of anilines is 2. The third-order valence-electron chi connectivity index (χ3n) is 2.67. The maximum absolute atomic E-state index is 5.33. The quantitative estimate of drug-likeness (QED) is 0.841. The Morgan fingerprint density at radius 3 is 2.47 bits per heavy atom. The highest BCUT2D eigenvalue weighted by atomic mass is 16.5. The normalized spacial score (nSPS) is 16.4. The van der Waals surface area contributed by atoms with Crippen molar-refractivity contribution in [1.29, 1.82) is 0 Å². The molecule has 0 atom stereocenters. The van der Waals surface area contributed by atoms with Crippen molar-refractivity contribution in [2.45, 2.75) is 19.8 Å². The van der Waals surface area contributed by atoms with Gasteiger partial charge in [0, 0.05) is 26.1 Å². The van der Waals surface area contributed by atoms with E-state index < -0.39 is 0 Å². The number of aromatic nitrogens is 3. The minimum atomic E-state index is 0.296. The molecule has 6 nitrogen and oxygen atoms in total. The molecule has 2 heterocycles. The van der Waals surface area contributed by atoms with Crippen LogP contribution >= 0.6 is 0 Å². The molecule has 0 amide bonds. The molecular formula is C11H19N5O. The molecule has 0 spiro atoms.